The van der Waals surface area contributed by atoms with Crippen LogP contribution in [0, 0.1) is 6.92 Å². The van der Waals surface area contributed by atoms with E-state index in [1.54, 1.807) is 31.4 Å². The fraction of sp³-hybridized carbons (Fsp3) is 0.357. The number of methoxy groups -OCH3 is 1. The third-order valence-electron chi connectivity index (χ3n) is 2.79. The molecule has 0 fully saturated rings. The van der Waals surface area contributed by atoms with E-state index in [4.69, 9.17) is 4.74 Å². The highest BCUT2D eigenvalue weighted by molar-refractivity contribution is 8.02. The lowest BCUT2D eigenvalue weighted by atomic mass is 10.1. The van der Waals surface area contributed by atoms with Gasteiger partial charge in [-0.25, -0.2) is 0 Å². The zero-order chi connectivity index (χ0) is 14.5. The van der Waals surface area contributed by atoms with Crippen molar-refractivity contribution in [2.45, 2.75) is 29.9 Å². The van der Waals surface area contributed by atoms with Gasteiger partial charge in [-0.1, -0.05) is 30.0 Å². The topological polar surface area (TPSA) is 52.1 Å². The van der Waals surface area contributed by atoms with Crippen LogP contribution in [0.4, 0.5) is 0 Å². The average Bonchev–Trinajstić information content (AvgIpc) is 2.89. The van der Waals surface area contributed by atoms with Crippen molar-refractivity contribution in [2.75, 3.05) is 7.11 Å². The van der Waals surface area contributed by atoms with Gasteiger partial charge in [0, 0.05) is 5.56 Å². The number of carbonyl (C=O) groups excluding carboxylic acids is 1. The molecule has 1 heterocycles. The number of aromatic nitrogens is 2. The number of rotatable bonds is 6. The van der Waals surface area contributed by atoms with E-state index in [1.165, 1.54) is 23.1 Å². The first-order chi connectivity index (χ1) is 9.63. The molecule has 0 amide bonds. The molecule has 0 spiro atoms. The second-order valence-corrected chi connectivity index (χ2v) is 6.83. The minimum atomic E-state index is -0.129. The Morgan fingerprint density at radius 3 is 2.55 bits per heavy atom. The van der Waals surface area contributed by atoms with Crippen molar-refractivity contribution in [1.82, 2.24) is 10.2 Å². The van der Waals surface area contributed by atoms with Gasteiger partial charge in [-0.3, -0.25) is 4.79 Å². The van der Waals surface area contributed by atoms with Gasteiger partial charge in [0.15, 0.2) is 10.1 Å². The number of hydrogen-bond acceptors (Lipinski definition) is 6. The Labute approximate surface area is 126 Å². The average molecular weight is 308 g/mol. The van der Waals surface area contributed by atoms with Crippen molar-refractivity contribution in [3.63, 3.8) is 0 Å². The molecule has 4 nitrogen and oxygen atoms in total. The molecule has 2 aromatic rings. The fourth-order valence-electron chi connectivity index (χ4n) is 1.71. The van der Waals surface area contributed by atoms with Gasteiger partial charge in [0.25, 0.3) is 0 Å². The van der Waals surface area contributed by atoms with Crippen LogP contribution in [0.5, 0.6) is 5.75 Å². The molecule has 1 aromatic heterocycles. The van der Waals surface area contributed by atoms with Crippen LogP contribution in [0.3, 0.4) is 0 Å². The molecule has 0 saturated carbocycles. The summed E-state index contributed by atoms with van der Waals surface area (Å²) in [5.41, 5.74) is 0.700. The lowest BCUT2D eigenvalue weighted by Crippen LogP contribution is -2.16. The van der Waals surface area contributed by atoms with E-state index in [0.29, 0.717) is 5.56 Å². The van der Waals surface area contributed by atoms with Crippen LogP contribution in [0.1, 0.15) is 28.7 Å². The highest BCUT2D eigenvalue weighted by atomic mass is 32.2. The maximum absolute atomic E-state index is 12.5. The molecule has 0 radical (unpaired) electrons. The Bertz CT molecular complexity index is 581. The third kappa shape index (κ3) is 3.58. The first-order valence-corrected chi connectivity index (χ1v) is 7.98. The van der Waals surface area contributed by atoms with Crippen LogP contribution in [0.2, 0.25) is 0 Å². The van der Waals surface area contributed by atoms with Crippen molar-refractivity contribution in [3.05, 3.63) is 34.8 Å². The predicted molar refractivity (Wildman–Crippen MR) is 81.9 cm³/mol. The molecule has 0 N–H and O–H groups in total. The minimum absolute atomic E-state index is 0.119. The molecular formula is C14H16N2O2S2. The first-order valence-electron chi connectivity index (χ1n) is 6.29. The number of nitrogens with zero attached hydrogens (tertiary/aromatic N) is 2. The smallest absolute Gasteiger partial charge is 0.176 e. The monoisotopic (exact) mass is 308 g/mol. The van der Waals surface area contributed by atoms with Crippen LogP contribution in [-0.4, -0.2) is 28.3 Å². The van der Waals surface area contributed by atoms with Crippen molar-refractivity contribution >= 4 is 28.9 Å². The number of Topliss-reactive ketones (excluding diaryl/α,β-unsaturated/α-hetero) is 1. The standard InChI is InChI=1S/C14H16N2O2S2/c1-4-12(20-14-16-15-9(2)19-14)13(17)10-5-7-11(18-3)8-6-10/h5-8,12H,4H2,1-3H3/t12-/m0/s1. The van der Waals surface area contributed by atoms with Gasteiger partial charge >= 0.3 is 0 Å². The third-order valence-corrected chi connectivity index (χ3v) is 5.08. The summed E-state index contributed by atoms with van der Waals surface area (Å²) < 4.78 is 5.94. The van der Waals surface area contributed by atoms with E-state index >= 15 is 0 Å². The number of aryl methyl sites for hydroxylation is 1. The summed E-state index contributed by atoms with van der Waals surface area (Å²) in [6, 6.07) is 7.21. The van der Waals surface area contributed by atoms with E-state index in [9.17, 15) is 4.79 Å². The number of thioether (sulfide) groups is 1. The van der Waals surface area contributed by atoms with Crippen LogP contribution >= 0.6 is 23.1 Å². The van der Waals surface area contributed by atoms with E-state index < -0.39 is 0 Å². The quantitative estimate of drug-likeness (QED) is 0.603. The fourth-order valence-corrected chi connectivity index (χ4v) is 3.77. The van der Waals surface area contributed by atoms with Crippen LogP contribution in [0.25, 0.3) is 0 Å². The van der Waals surface area contributed by atoms with Gasteiger partial charge in [-0.15, -0.1) is 10.2 Å². The van der Waals surface area contributed by atoms with Gasteiger partial charge in [0.05, 0.1) is 12.4 Å². The second-order valence-electron chi connectivity index (χ2n) is 4.19. The Hall–Kier alpha value is -1.40. The zero-order valence-electron chi connectivity index (χ0n) is 11.6. The first kappa shape index (κ1) is 15.0. The lowest BCUT2D eigenvalue weighted by molar-refractivity contribution is 0.0988. The number of ether oxygens (including phenoxy) is 1. The van der Waals surface area contributed by atoms with E-state index in [2.05, 4.69) is 10.2 Å². The van der Waals surface area contributed by atoms with Gasteiger partial charge in [-0.2, -0.15) is 0 Å². The van der Waals surface area contributed by atoms with Crippen LogP contribution in [0.15, 0.2) is 28.6 Å². The molecule has 0 aliphatic carbocycles. The van der Waals surface area contributed by atoms with Crippen LogP contribution < -0.4 is 4.74 Å². The highest BCUT2D eigenvalue weighted by Gasteiger charge is 2.21. The summed E-state index contributed by atoms with van der Waals surface area (Å²) in [6.45, 7) is 3.92. The van der Waals surface area contributed by atoms with E-state index in [0.717, 1.165) is 21.5 Å². The molecule has 0 bridgehead atoms. The molecule has 0 aliphatic rings. The molecule has 1 atom stereocenters. The lowest BCUT2D eigenvalue weighted by Gasteiger charge is -2.11. The zero-order valence-corrected chi connectivity index (χ0v) is 13.3. The Kier molecular flexibility index (Phi) is 5.14. The summed E-state index contributed by atoms with van der Waals surface area (Å²) >= 11 is 3.01. The predicted octanol–water partition coefficient (Wildman–Crippen LogP) is 3.61. The minimum Gasteiger partial charge on any atom is -0.497 e. The van der Waals surface area contributed by atoms with Crippen molar-refractivity contribution in [2.24, 2.45) is 0 Å². The molecule has 0 aliphatic heterocycles. The van der Waals surface area contributed by atoms with Gasteiger partial charge in [-0.05, 0) is 37.6 Å². The maximum Gasteiger partial charge on any atom is 0.176 e. The summed E-state index contributed by atoms with van der Waals surface area (Å²) in [4.78, 5) is 12.5. The summed E-state index contributed by atoms with van der Waals surface area (Å²) in [7, 11) is 1.61. The van der Waals surface area contributed by atoms with Crippen molar-refractivity contribution in [3.8, 4) is 5.75 Å². The molecule has 20 heavy (non-hydrogen) atoms. The summed E-state index contributed by atoms with van der Waals surface area (Å²) in [6.07, 6.45) is 0.758. The van der Waals surface area contributed by atoms with Gasteiger partial charge in [0.2, 0.25) is 0 Å². The molecule has 0 saturated heterocycles. The SMILES string of the molecule is CC[C@H](Sc1nnc(C)s1)C(=O)c1ccc(OC)cc1. The Morgan fingerprint density at radius 1 is 1.35 bits per heavy atom. The van der Waals surface area contributed by atoms with E-state index in [-0.39, 0.29) is 11.0 Å². The molecule has 1 aromatic carbocycles. The normalized spacial score (nSPS) is 12.2. The maximum atomic E-state index is 12.5. The van der Waals surface area contributed by atoms with Gasteiger partial charge < -0.3 is 4.74 Å². The number of benzene rings is 1. The molecule has 106 valence electrons. The largest absolute Gasteiger partial charge is 0.497 e. The number of carbonyl (C=O) groups is 1. The molecule has 2 rings (SSSR count). The second kappa shape index (κ2) is 6.85. The number of hydrogen-bond donors (Lipinski definition) is 0. The molecular weight excluding hydrogens is 292 g/mol. The Morgan fingerprint density at radius 2 is 2.05 bits per heavy atom. The molecule has 0 unspecified atom stereocenters. The van der Waals surface area contributed by atoms with Crippen molar-refractivity contribution < 1.29 is 9.53 Å². The summed E-state index contributed by atoms with van der Waals surface area (Å²) in [5.74, 6) is 0.870. The number of ketones is 1. The summed E-state index contributed by atoms with van der Waals surface area (Å²) in [5, 5.41) is 8.83. The van der Waals surface area contributed by atoms with E-state index in [1.807, 2.05) is 13.8 Å². The molecule has 6 heteroatoms. The van der Waals surface area contributed by atoms with Crippen LogP contribution in [-0.2, 0) is 0 Å². The van der Waals surface area contributed by atoms with Crippen molar-refractivity contribution in [1.29, 1.82) is 0 Å². The highest BCUT2D eigenvalue weighted by Crippen LogP contribution is 2.30. The van der Waals surface area contributed by atoms with Gasteiger partial charge in [0.1, 0.15) is 10.8 Å². The Balaban J connectivity index is 2.11.